The second-order valence-electron chi connectivity index (χ2n) is 4.01. The van der Waals surface area contributed by atoms with Gasteiger partial charge in [-0.25, -0.2) is 4.68 Å². The van der Waals surface area contributed by atoms with Crippen molar-refractivity contribution >= 4 is 5.69 Å². The molecule has 0 spiro atoms. The van der Waals surface area contributed by atoms with E-state index in [9.17, 15) is 26.3 Å². The number of alkyl halides is 6. The molecule has 0 unspecified atom stereocenters. The van der Waals surface area contributed by atoms with Crippen molar-refractivity contribution in [2.24, 2.45) is 5.84 Å². The van der Waals surface area contributed by atoms with Gasteiger partial charge in [0.1, 0.15) is 5.69 Å². The minimum absolute atomic E-state index is 0.0326. The van der Waals surface area contributed by atoms with Crippen molar-refractivity contribution in [3.8, 4) is 5.69 Å². The van der Waals surface area contributed by atoms with E-state index < -0.39 is 23.7 Å². The molecule has 0 amide bonds. The number of benzene rings is 1. The van der Waals surface area contributed by atoms with Crippen LogP contribution in [0.25, 0.3) is 5.69 Å². The monoisotopic (exact) mass is 310 g/mol. The lowest BCUT2D eigenvalue weighted by molar-refractivity contribution is -0.143. The van der Waals surface area contributed by atoms with E-state index in [4.69, 9.17) is 5.84 Å². The van der Waals surface area contributed by atoms with Gasteiger partial charge in [0.25, 0.3) is 0 Å². The minimum atomic E-state index is -4.97. The molecular formula is C11H8F6N4. The van der Waals surface area contributed by atoms with E-state index in [2.05, 4.69) is 10.5 Å². The maximum Gasteiger partial charge on any atom is 0.435 e. The van der Waals surface area contributed by atoms with Crippen LogP contribution < -0.4 is 11.3 Å². The highest BCUT2D eigenvalue weighted by Gasteiger charge is 2.42. The number of rotatable bonds is 2. The number of hydrogen-bond donors (Lipinski definition) is 2. The molecule has 2 aromatic rings. The van der Waals surface area contributed by atoms with Crippen LogP contribution in [0.15, 0.2) is 30.3 Å². The Kier molecular flexibility index (Phi) is 3.58. The van der Waals surface area contributed by atoms with Gasteiger partial charge in [-0.3, -0.25) is 5.84 Å². The molecule has 0 atom stereocenters. The lowest BCUT2D eigenvalue weighted by atomic mass is 10.2. The van der Waals surface area contributed by atoms with Crippen molar-refractivity contribution in [2.45, 2.75) is 12.4 Å². The molecule has 0 aliphatic heterocycles. The topological polar surface area (TPSA) is 55.9 Å². The van der Waals surface area contributed by atoms with Gasteiger partial charge in [-0.1, -0.05) is 0 Å². The van der Waals surface area contributed by atoms with E-state index in [-0.39, 0.29) is 16.4 Å². The Morgan fingerprint density at radius 3 is 1.95 bits per heavy atom. The molecular weight excluding hydrogens is 302 g/mol. The van der Waals surface area contributed by atoms with Gasteiger partial charge in [-0.15, -0.1) is 0 Å². The fourth-order valence-corrected chi connectivity index (χ4v) is 1.62. The molecule has 0 saturated carbocycles. The summed E-state index contributed by atoms with van der Waals surface area (Å²) < 4.78 is 76.3. The summed E-state index contributed by atoms with van der Waals surface area (Å²) in [6, 6.07) is 4.92. The van der Waals surface area contributed by atoms with Crippen molar-refractivity contribution in [3.63, 3.8) is 0 Å². The lowest BCUT2D eigenvalue weighted by Crippen LogP contribution is -2.13. The third-order valence-corrected chi connectivity index (χ3v) is 2.57. The van der Waals surface area contributed by atoms with Crippen LogP contribution in [-0.2, 0) is 12.4 Å². The average molecular weight is 310 g/mol. The van der Waals surface area contributed by atoms with Crippen LogP contribution in [0, 0.1) is 0 Å². The Morgan fingerprint density at radius 1 is 0.952 bits per heavy atom. The number of hydrogen-bond acceptors (Lipinski definition) is 3. The molecule has 2 rings (SSSR count). The van der Waals surface area contributed by atoms with Gasteiger partial charge in [0, 0.05) is 11.8 Å². The first-order valence-electron chi connectivity index (χ1n) is 5.44. The van der Waals surface area contributed by atoms with Crippen LogP contribution in [-0.4, -0.2) is 9.78 Å². The van der Waals surface area contributed by atoms with Gasteiger partial charge in [0.2, 0.25) is 0 Å². The summed E-state index contributed by atoms with van der Waals surface area (Å²) in [4.78, 5) is 0. The van der Waals surface area contributed by atoms with Crippen molar-refractivity contribution in [3.05, 3.63) is 41.7 Å². The zero-order chi connectivity index (χ0) is 15.8. The number of nitrogens with zero attached hydrogens (tertiary/aromatic N) is 2. The molecule has 1 aromatic heterocycles. The van der Waals surface area contributed by atoms with Gasteiger partial charge in [-0.05, 0) is 24.3 Å². The van der Waals surface area contributed by atoms with Gasteiger partial charge in [0.05, 0.1) is 5.69 Å². The summed E-state index contributed by atoms with van der Waals surface area (Å²) in [6.07, 6.45) is -9.94. The fourth-order valence-electron chi connectivity index (χ4n) is 1.62. The molecule has 3 N–H and O–H groups in total. The number of nitrogen functional groups attached to an aromatic ring is 1. The van der Waals surface area contributed by atoms with E-state index in [1.54, 1.807) is 0 Å². The number of anilines is 1. The highest BCUT2D eigenvalue weighted by Crippen LogP contribution is 2.36. The van der Waals surface area contributed by atoms with E-state index >= 15 is 0 Å². The molecule has 1 heterocycles. The summed E-state index contributed by atoms with van der Waals surface area (Å²) >= 11 is 0. The molecule has 10 heteroatoms. The maximum absolute atomic E-state index is 12.8. The second-order valence-corrected chi connectivity index (χ2v) is 4.01. The summed E-state index contributed by atoms with van der Waals surface area (Å²) in [5.74, 6) is 5.10. The molecule has 0 fully saturated rings. The first kappa shape index (κ1) is 15.2. The van der Waals surface area contributed by atoms with E-state index in [0.717, 1.165) is 12.1 Å². The lowest BCUT2D eigenvalue weighted by Gasteiger charge is -2.10. The molecule has 0 bridgehead atoms. The number of nitrogens with one attached hydrogen (secondary N) is 1. The van der Waals surface area contributed by atoms with Gasteiger partial charge >= 0.3 is 12.4 Å². The Hall–Kier alpha value is -2.23. The van der Waals surface area contributed by atoms with Crippen molar-refractivity contribution in [1.29, 1.82) is 0 Å². The zero-order valence-electron chi connectivity index (χ0n) is 10.1. The van der Waals surface area contributed by atoms with Gasteiger partial charge < -0.3 is 5.43 Å². The number of hydrazine groups is 1. The van der Waals surface area contributed by atoms with Crippen LogP contribution in [0.1, 0.15) is 11.4 Å². The smallest absolute Gasteiger partial charge is 0.324 e. The molecule has 114 valence electrons. The largest absolute Gasteiger partial charge is 0.435 e. The van der Waals surface area contributed by atoms with Crippen molar-refractivity contribution < 1.29 is 26.3 Å². The molecule has 0 aliphatic carbocycles. The Bertz CT molecular complexity index is 626. The third-order valence-electron chi connectivity index (χ3n) is 2.57. The molecule has 0 radical (unpaired) electrons. The highest BCUT2D eigenvalue weighted by atomic mass is 19.4. The van der Waals surface area contributed by atoms with Crippen LogP contribution in [0.3, 0.4) is 0 Å². The first-order chi connectivity index (χ1) is 9.63. The van der Waals surface area contributed by atoms with Crippen LogP contribution in [0.2, 0.25) is 0 Å². The molecule has 1 aromatic carbocycles. The average Bonchev–Trinajstić information content (AvgIpc) is 2.83. The standard InChI is InChI=1S/C11H8F6N4/c12-10(13,14)8-5-9(11(15,16)17)21(20-8)7-3-1-6(19-18)2-4-7/h1-5,19H,18H2. The summed E-state index contributed by atoms with van der Waals surface area (Å²) in [6.45, 7) is 0. The van der Waals surface area contributed by atoms with Crippen molar-refractivity contribution in [1.82, 2.24) is 9.78 Å². The Morgan fingerprint density at radius 2 is 1.52 bits per heavy atom. The minimum Gasteiger partial charge on any atom is -0.324 e. The van der Waals surface area contributed by atoms with Crippen LogP contribution in [0.4, 0.5) is 32.0 Å². The van der Waals surface area contributed by atoms with E-state index in [1.165, 1.54) is 12.1 Å². The molecule has 4 nitrogen and oxygen atoms in total. The predicted molar refractivity (Wildman–Crippen MR) is 61.4 cm³/mol. The predicted octanol–water partition coefficient (Wildman–Crippen LogP) is 3.20. The molecule has 0 saturated heterocycles. The van der Waals surface area contributed by atoms with Crippen LogP contribution >= 0.6 is 0 Å². The number of halogens is 6. The quantitative estimate of drug-likeness (QED) is 0.509. The van der Waals surface area contributed by atoms with Crippen molar-refractivity contribution in [2.75, 3.05) is 5.43 Å². The normalized spacial score (nSPS) is 12.5. The second kappa shape index (κ2) is 4.95. The molecule has 21 heavy (non-hydrogen) atoms. The first-order valence-corrected chi connectivity index (χ1v) is 5.44. The van der Waals surface area contributed by atoms with Crippen LogP contribution in [0.5, 0.6) is 0 Å². The fraction of sp³-hybridized carbons (Fsp3) is 0.182. The number of aromatic nitrogens is 2. The SMILES string of the molecule is NNc1ccc(-n2nc(C(F)(F)F)cc2C(F)(F)F)cc1. The number of nitrogens with two attached hydrogens (primary N) is 1. The summed E-state index contributed by atoms with van der Waals surface area (Å²) in [5.41, 5.74) is -0.663. The highest BCUT2D eigenvalue weighted by molar-refractivity contribution is 5.48. The third kappa shape index (κ3) is 3.10. The van der Waals surface area contributed by atoms with Gasteiger partial charge in [0.15, 0.2) is 5.69 Å². The Balaban J connectivity index is 2.57. The zero-order valence-corrected chi connectivity index (χ0v) is 10.1. The van der Waals surface area contributed by atoms with E-state index in [0.29, 0.717) is 5.69 Å². The maximum atomic E-state index is 12.8. The summed E-state index contributed by atoms with van der Waals surface area (Å²) in [7, 11) is 0. The Labute approximate surface area is 114 Å². The van der Waals surface area contributed by atoms with E-state index in [1.807, 2.05) is 0 Å². The molecule has 0 aliphatic rings. The van der Waals surface area contributed by atoms with Gasteiger partial charge in [-0.2, -0.15) is 31.4 Å². The summed E-state index contributed by atoms with van der Waals surface area (Å²) in [5, 5.41) is 2.99.